The number of esters is 2. The molecule has 0 saturated heterocycles. The Morgan fingerprint density at radius 3 is 2.29 bits per heavy atom. The summed E-state index contributed by atoms with van der Waals surface area (Å²) in [5.74, 6) is -1.78. The van der Waals surface area contributed by atoms with Gasteiger partial charge in [-0.2, -0.15) is 0 Å². The molecule has 2 aromatic carbocycles. The topological polar surface area (TPSA) is 52.6 Å². The van der Waals surface area contributed by atoms with Crippen LogP contribution in [0.2, 0.25) is 0 Å². The van der Waals surface area contributed by atoms with Crippen molar-refractivity contribution < 1.29 is 23.5 Å². The highest BCUT2D eigenvalue weighted by Crippen LogP contribution is 2.19. The molecule has 0 fully saturated rings. The van der Waals surface area contributed by atoms with E-state index in [2.05, 4.69) is 20.7 Å². The first-order valence-corrected chi connectivity index (χ1v) is 6.66. The van der Waals surface area contributed by atoms with Crippen molar-refractivity contribution in [2.75, 3.05) is 7.11 Å². The summed E-state index contributed by atoms with van der Waals surface area (Å²) in [6.45, 7) is 0. The van der Waals surface area contributed by atoms with Gasteiger partial charge < -0.3 is 9.47 Å². The maximum Gasteiger partial charge on any atom is 0.346 e. The summed E-state index contributed by atoms with van der Waals surface area (Å²) >= 11 is 3.10. The van der Waals surface area contributed by atoms with Crippen LogP contribution < -0.4 is 4.74 Å². The summed E-state index contributed by atoms with van der Waals surface area (Å²) in [7, 11) is 1.27. The molecular weight excluding hydrogens is 343 g/mol. The van der Waals surface area contributed by atoms with E-state index in [9.17, 15) is 14.0 Å². The molecule has 21 heavy (non-hydrogen) atoms. The number of hydrogen-bond acceptors (Lipinski definition) is 4. The van der Waals surface area contributed by atoms with Gasteiger partial charge in [-0.1, -0.05) is 15.9 Å². The number of halogens is 2. The minimum atomic E-state index is -0.814. The third-order valence-corrected chi connectivity index (χ3v) is 3.13. The molecule has 0 spiro atoms. The van der Waals surface area contributed by atoms with Gasteiger partial charge in [0.15, 0.2) is 0 Å². The van der Waals surface area contributed by atoms with Crippen LogP contribution in [0.1, 0.15) is 20.7 Å². The van der Waals surface area contributed by atoms with E-state index in [-0.39, 0.29) is 11.3 Å². The van der Waals surface area contributed by atoms with Gasteiger partial charge in [-0.3, -0.25) is 0 Å². The first-order valence-electron chi connectivity index (χ1n) is 5.87. The van der Waals surface area contributed by atoms with Gasteiger partial charge in [0.2, 0.25) is 0 Å². The van der Waals surface area contributed by atoms with Crippen molar-refractivity contribution in [3.05, 3.63) is 63.9 Å². The zero-order valence-corrected chi connectivity index (χ0v) is 12.5. The lowest BCUT2D eigenvalue weighted by atomic mass is 10.2. The second-order valence-corrected chi connectivity index (χ2v) is 4.95. The molecule has 0 N–H and O–H groups in total. The molecular formula is C15H10BrFO4. The normalized spacial score (nSPS) is 10.0. The highest BCUT2D eigenvalue weighted by atomic mass is 79.9. The fourth-order valence-corrected chi connectivity index (χ4v) is 1.93. The van der Waals surface area contributed by atoms with E-state index in [1.165, 1.54) is 43.5 Å². The molecule has 0 saturated carbocycles. The number of benzene rings is 2. The number of hydrogen-bond donors (Lipinski definition) is 0. The highest BCUT2D eigenvalue weighted by molar-refractivity contribution is 9.10. The smallest absolute Gasteiger partial charge is 0.346 e. The molecule has 4 nitrogen and oxygen atoms in total. The number of carbonyl (C=O) groups is 2. The van der Waals surface area contributed by atoms with Crippen LogP contribution in [-0.2, 0) is 4.74 Å². The Kier molecular flexibility index (Phi) is 4.70. The van der Waals surface area contributed by atoms with Gasteiger partial charge in [-0.05, 0) is 42.5 Å². The van der Waals surface area contributed by atoms with Crippen LogP contribution in [0.5, 0.6) is 5.75 Å². The van der Waals surface area contributed by atoms with Crippen LogP contribution in [0.3, 0.4) is 0 Å². The molecule has 0 amide bonds. The van der Waals surface area contributed by atoms with E-state index in [0.717, 1.165) is 0 Å². The van der Waals surface area contributed by atoms with Crippen LogP contribution in [0.4, 0.5) is 4.39 Å². The Hall–Kier alpha value is -2.21. The van der Waals surface area contributed by atoms with Gasteiger partial charge in [-0.15, -0.1) is 0 Å². The van der Waals surface area contributed by atoms with Gasteiger partial charge in [-0.25, -0.2) is 14.0 Å². The van der Waals surface area contributed by atoms with E-state index in [1.807, 2.05) is 0 Å². The average Bonchev–Trinajstić information content (AvgIpc) is 2.47. The molecule has 6 heteroatoms. The van der Waals surface area contributed by atoms with Gasteiger partial charge >= 0.3 is 11.9 Å². The van der Waals surface area contributed by atoms with E-state index < -0.39 is 17.8 Å². The summed E-state index contributed by atoms with van der Waals surface area (Å²) in [5, 5.41) is 0. The molecule has 0 aromatic heterocycles. The number of methoxy groups -OCH3 is 1. The number of ether oxygens (including phenoxy) is 2. The number of carbonyl (C=O) groups excluding carboxylic acids is 2. The molecule has 0 aliphatic rings. The first-order chi connectivity index (χ1) is 10.0. The van der Waals surface area contributed by atoms with E-state index in [4.69, 9.17) is 4.74 Å². The molecule has 0 bridgehead atoms. The lowest BCUT2D eigenvalue weighted by Crippen LogP contribution is -2.11. The van der Waals surface area contributed by atoms with Crippen LogP contribution in [0.15, 0.2) is 46.9 Å². The largest absolute Gasteiger partial charge is 0.465 e. The molecule has 108 valence electrons. The fourth-order valence-electron chi connectivity index (χ4n) is 1.59. The van der Waals surface area contributed by atoms with E-state index in [0.29, 0.717) is 10.0 Å². The summed E-state index contributed by atoms with van der Waals surface area (Å²) < 4.78 is 23.8. The summed E-state index contributed by atoms with van der Waals surface area (Å²) in [6, 6.07) is 9.81. The zero-order valence-electron chi connectivity index (χ0n) is 10.9. The molecule has 0 heterocycles. The van der Waals surface area contributed by atoms with Crippen LogP contribution in [0.25, 0.3) is 0 Å². The maximum absolute atomic E-state index is 13.6. The fraction of sp³-hybridized carbons (Fsp3) is 0.0667. The first kappa shape index (κ1) is 15.2. The Morgan fingerprint density at radius 1 is 1.05 bits per heavy atom. The second-order valence-electron chi connectivity index (χ2n) is 4.03. The van der Waals surface area contributed by atoms with Gasteiger partial charge in [0.1, 0.15) is 11.6 Å². The van der Waals surface area contributed by atoms with Crippen LogP contribution in [-0.4, -0.2) is 19.0 Å². The van der Waals surface area contributed by atoms with E-state index >= 15 is 0 Å². The van der Waals surface area contributed by atoms with Gasteiger partial charge in [0, 0.05) is 4.47 Å². The zero-order chi connectivity index (χ0) is 15.4. The molecule has 0 unspecified atom stereocenters. The van der Waals surface area contributed by atoms with Crippen molar-refractivity contribution in [3.63, 3.8) is 0 Å². The van der Waals surface area contributed by atoms with Crippen molar-refractivity contribution in [1.82, 2.24) is 0 Å². The number of rotatable bonds is 3. The Bertz CT molecular complexity index is 683. The van der Waals surface area contributed by atoms with Crippen molar-refractivity contribution >= 4 is 27.9 Å². The average molecular weight is 353 g/mol. The molecule has 0 atom stereocenters. The minimum absolute atomic E-state index is 0.171. The Labute approximate surface area is 128 Å². The van der Waals surface area contributed by atoms with Gasteiger partial charge in [0.25, 0.3) is 0 Å². The molecule has 2 aromatic rings. The van der Waals surface area contributed by atoms with Crippen LogP contribution in [0, 0.1) is 5.82 Å². The Morgan fingerprint density at radius 2 is 1.71 bits per heavy atom. The lowest BCUT2D eigenvalue weighted by Gasteiger charge is -2.06. The van der Waals surface area contributed by atoms with Crippen molar-refractivity contribution in [3.8, 4) is 5.75 Å². The van der Waals surface area contributed by atoms with Gasteiger partial charge in [0.05, 0.1) is 18.2 Å². The Balaban J connectivity index is 2.14. The highest BCUT2D eigenvalue weighted by Gasteiger charge is 2.14. The van der Waals surface area contributed by atoms with E-state index in [1.54, 1.807) is 6.07 Å². The molecule has 2 rings (SSSR count). The summed E-state index contributed by atoms with van der Waals surface area (Å²) in [4.78, 5) is 23.1. The standard InChI is InChI=1S/C15H10BrFO4/c1-20-14(18)9-2-5-11(6-3-9)21-15(19)12-7-4-10(16)8-13(12)17/h2-8H,1H3. The van der Waals surface area contributed by atoms with Crippen molar-refractivity contribution in [2.24, 2.45) is 0 Å². The second kappa shape index (κ2) is 6.49. The summed E-state index contributed by atoms with van der Waals surface area (Å²) in [5.41, 5.74) is 0.155. The monoisotopic (exact) mass is 352 g/mol. The molecule has 0 aliphatic carbocycles. The van der Waals surface area contributed by atoms with Crippen LogP contribution >= 0.6 is 15.9 Å². The quantitative estimate of drug-likeness (QED) is 0.625. The molecule has 0 aliphatic heterocycles. The molecule has 0 radical (unpaired) electrons. The van der Waals surface area contributed by atoms with Crippen molar-refractivity contribution in [2.45, 2.75) is 0 Å². The summed E-state index contributed by atoms with van der Waals surface area (Å²) in [6.07, 6.45) is 0. The predicted molar refractivity (Wildman–Crippen MR) is 76.8 cm³/mol. The predicted octanol–water partition coefficient (Wildman–Crippen LogP) is 3.59. The lowest BCUT2D eigenvalue weighted by molar-refractivity contribution is 0.0600. The third kappa shape index (κ3) is 3.66. The SMILES string of the molecule is COC(=O)c1ccc(OC(=O)c2ccc(Br)cc2F)cc1. The van der Waals surface area contributed by atoms with Crippen molar-refractivity contribution in [1.29, 1.82) is 0 Å². The minimum Gasteiger partial charge on any atom is -0.465 e. The third-order valence-electron chi connectivity index (χ3n) is 2.64. The maximum atomic E-state index is 13.6.